The van der Waals surface area contributed by atoms with E-state index in [2.05, 4.69) is 0 Å². The summed E-state index contributed by atoms with van der Waals surface area (Å²) in [5, 5.41) is 19.7. The predicted molar refractivity (Wildman–Crippen MR) is 81.6 cm³/mol. The molecule has 0 aliphatic heterocycles. The second-order valence-corrected chi connectivity index (χ2v) is 6.19. The number of aliphatic hydroxyl groups is 2. The van der Waals surface area contributed by atoms with E-state index in [0.717, 1.165) is 5.56 Å². The minimum absolute atomic E-state index is 0.0784. The second kappa shape index (κ2) is 7.48. The van der Waals surface area contributed by atoms with Gasteiger partial charge in [-0.15, -0.1) is 0 Å². The van der Waals surface area contributed by atoms with Crippen molar-refractivity contribution >= 4 is 23.2 Å². The van der Waals surface area contributed by atoms with Crippen LogP contribution >= 0.6 is 23.2 Å². The summed E-state index contributed by atoms with van der Waals surface area (Å²) >= 11 is 12.3. The molecule has 0 radical (unpaired) electrons. The van der Waals surface area contributed by atoms with Gasteiger partial charge in [-0.3, -0.25) is 0 Å². The van der Waals surface area contributed by atoms with Crippen molar-refractivity contribution in [2.24, 2.45) is 5.41 Å². The van der Waals surface area contributed by atoms with E-state index in [-0.39, 0.29) is 13.2 Å². The van der Waals surface area contributed by atoms with Crippen molar-refractivity contribution in [3.8, 4) is 5.75 Å². The van der Waals surface area contributed by atoms with E-state index in [1.807, 2.05) is 18.9 Å². The highest BCUT2D eigenvalue weighted by molar-refractivity contribution is 6.34. The first-order valence-corrected chi connectivity index (χ1v) is 7.03. The van der Waals surface area contributed by atoms with Crippen molar-refractivity contribution < 1.29 is 14.9 Å². The van der Waals surface area contributed by atoms with Crippen molar-refractivity contribution in [1.29, 1.82) is 0 Å². The molecule has 1 aromatic rings. The minimum Gasteiger partial charge on any atom is -0.495 e. The van der Waals surface area contributed by atoms with Crippen molar-refractivity contribution in [3.05, 3.63) is 27.7 Å². The molecule has 0 aliphatic carbocycles. The van der Waals surface area contributed by atoms with Crippen LogP contribution in [0.1, 0.15) is 12.5 Å². The Hall–Kier alpha value is -0.520. The second-order valence-electron chi connectivity index (χ2n) is 5.38. The molecule has 0 unspecified atom stereocenters. The fraction of sp³-hybridized carbons (Fsp3) is 0.571. The normalized spacial score (nSPS) is 12.0. The average molecular weight is 322 g/mol. The molecule has 0 aliphatic rings. The van der Waals surface area contributed by atoms with E-state index in [1.54, 1.807) is 12.1 Å². The number of hydrogen-bond donors (Lipinski definition) is 2. The average Bonchev–Trinajstić information content (AvgIpc) is 2.42. The largest absolute Gasteiger partial charge is 0.495 e. The molecule has 1 aromatic carbocycles. The number of halogens is 2. The number of benzene rings is 1. The van der Waals surface area contributed by atoms with Crippen LogP contribution in [0.15, 0.2) is 12.1 Å². The van der Waals surface area contributed by atoms with Gasteiger partial charge in [0.05, 0.1) is 25.3 Å². The van der Waals surface area contributed by atoms with Crippen molar-refractivity contribution in [3.63, 3.8) is 0 Å². The van der Waals surface area contributed by atoms with Crippen LogP contribution < -0.4 is 4.74 Å². The summed E-state index contributed by atoms with van der Waals surface area (Å²) in [5.41, 5.74) is 0.329. The Morgan fingerprint density at radius 1 is 1.20 bits per heavy atom. The first-order valence-electron chi connectivity index (χ1n) is 6.27. The molecule has 4 nitrogen and oxygen atoms in total. The molecule has 0 spiro atoms. The van der Waals surface area contributed by atoms with Gasteiger partial charge in [0.1, 0.15) is 5.75 Å². The summed E-state index contributed by atoms with van der Waals surface area (Å²) in [4.78, 5) is 1.98. The van der Waals surface area contributed by atoms with Gasteiger partial charge in [-0.25, -0.2) is 0 Å². The van der Waals surface area contributed by atoms with Crippen molar-refractivity contribution in [2.75, 3.05) is 33.9 Å². The maximum absolute atomic E-state index is 9.32. The fourth-order valence-electron chi connectivity index (χ4n) is 2.00. The SMILES string of the molecule is COc1cc(Cl)c(CN(C)CC(C)(CO)CO)cc1Cl. The van der Waals surface area contributed by atoms with E-state index < -0.39 is 5.41 Å². The van der Waals surface area contributed by atoms with Gasteiger partial charge in [-0.1, -0.05) is 30.1 Å². The van der Waals surface area contributed by atoms with Crippen LogP contribution in [0.25, 0.3) is 0 Å². The number of aliphatic hydroxyl groups excluding tert-OH is 2. The van der Waals surface area contributed by atoms with Crippen LogP contribution in [0.4, 0.5) is 0 Å². The summed E-state index contributed by atoms with van der Waals surface area (Å²) in [7, 11) is 3.44. The Bertz CT molecular complexity index is 450. The zero-order chi connectivity index (χ0) is 15.3. The van der Waals surface area contributed by atoms with Gasteiger partial charge in [0.2, 0.25) is 0 Å². The Morgan fingerprint density at radius 2 is 1.80 bits per heavy atom. The molecular formula is C14H21Cl2NO3. The highest BCUT2D eigenvalue weighted by atomic mass is 35.5. The number of nitrogens with zero attached hydrogens (tertiary/aromatic N) is 1. The third-order valence-corrected chi connectivity index (χ3v) is 3.82. The summed E-state index contributed by atoms with van der Waals surface area (Å²) in [6.07, 6.45) is 0. The van der Waals surface area contributed by atoms with E-state index in [9.17, 15) is 10.2 Å². The monoisotopic (exact) mass is 321 g/mol. The number of ether oxygens (including phenoxy) is 1. The highest BCUT2D eigenvalue weighted by Crippen LogP contribution is 2.31. The van der Waals surface area contributed by atoms with Crippen LogP contribution in [0.2, 0.25) is 10.0 Å². The highest BCUT2D eigenvalue weighted by Gasteiger charge is 2.24. The molecule has 0 amide bonds. The van der Waals surface area contributed by atoms with Gasteiger partial charge in [-0.2, -0.15) is 0 Å². The molecule has 0 atom stereocenters. The molecule has 2 N–H and O–H groups in total. The van der Waals surface area contributed by atoms with E-state index in [4.69, 9.17) is 27.9 Å². The number of methoxy groups -OCH3 is 1. The van der Waals surface area contributed by atoms with Crippen LogP contribution in [0.5, 0.6) is 5.75 Å². The molecular weight excluding hydrogens is 301 g/mol. The van der Waals surface area contributed by atoms with Crippen LogP contribution in [0.3, 0.4) is 0 Å². The summed E-state index contributed by atoms with van der Waals surface area (Å²) in [6.45, 7) is 2.78. The lowest BCUT2D eigenvalue weighted by atomic mass is 9.92. The van der Waals surface area contributed by atoms with Crippen molar-refractivity contribution in [2.45, 2.75) is 13.5 Å². The molecule has 0 heterocycles. The lowest BCUT2D eigenvalue weighted by Gasteiger charge is -2.30. The fourth-order valence-corrected chi connectivity index (χ4v) is 2.47. The first kappa shape index (κ1) is 17.5. The Balaban J connectivity index is 2.81. The molecule has 0 bridgehead atoms. The smallest absolute Gasteiger partial charge is 0.138 e. The molecule has 0 saturated heterocycles. The lowest BCUT2D eigenvalue weighted by molar-refractivity contribution is 0.0402. The van der Waals surface area contributed by atoms with E-state index in [0.29, 0.717) is 28.9 Å². The molecule has 0 fully saturated rings. The third kappa shape index (κ3) is 4.50. The van der Waals surface area contributed by atoms with Gasteiger partial charge >= 0.3 is 0 Å². The van der Waals surface area contributed by atoms with E-state index >= 15 is 0 Å². The molecule has 0 saturated carbocycles. The standard InChI is InChI=1S/C14H21Cl2NO3/c1-14(8-18,9-19)7-17(2)6-10-4-12(16)13(20-3)5-11(10)15/h4-5,18-19H,6-9H2,1-3H3. The van der Waals surface area contributed by atoms with Gasteiger partial charge in [0.25, 0.3) is 0 Å². The maximum Gasteiger partial charge on any atom is 0.138 e. The zero-order valence-corrected chi connectivity index (χ0v) is 13.5. The van der Waals surface area contributed by atoms with Gasteiger partial charge < -0.3 is 19.8 Å². The molecule has 0 aromatic heterocycles. The summed E-state index contributed by atoms with van der Waals surface area (Å²) in [6, 6.07) is 3.46. The third-order valence-electron chi connectivity index (χ3n) is 3.18. The van der Waals surface area contributed by atoms with Gasteiger partial charge in [0, 0.05) is 29.6 Å². The maximum atomic E-state index is 9.32. The Morgan fingerprint density at radius 3 is 2.30 bits per heavy atom. The number of hydrogen-bond acceptors (Lipinski definition) is 4. The summed E-state index contributed by atoms with van der Waals surface area (Å²) < 4.78 is 5.11. The Labute approximate surface area is 129 Å². The zero-order valence-electron chi connectivity index (χ0n) is 12.0. The topological polar surface area (TPSA) is 52.9 Å². The summed E-state index contributed by atoms with van der Waals surface area (Å²) in [5.74, 6) is 0.540. The first-order chi connectivity index (χ1) is 9.35. The molecule has 114 valence electrons. The van der Waals surface area contributed by atoms with Crippen molar-refractivity contribution in [1.82, 2.24) is 4.90 Å². The molecule has 1 rings (SSSR count). The van der Waals surface area contributed by atoms with Gasteiger partial charge in [-0.05, 0) is 18.7 Å². The predicted octanol–water partition coefficient (Wildman–Crippen LogP) is 2.42. The van der Waals surface area contributed by atoms with E-state index in [1.165, 1.54) is 7.11 Å². The van der Waals surface area contributed by atoms with Crippen LogP contribution in [-0.2, 0) is 6.54 Å². The molecule has 20 heavy (non-hydrogen) atoms. The quantitative estimate of drug-likeness (QED) is 0.809. The van der Waals surface area contributed by atoms with Crippen LogP contribution in [0, 0.1) is 5.41 Å². The van der Waals surface area contributed by atoms with Gasteiger partial charge in [0.15, 0.2) is 0 Å². The minimum atomic E-state index is -0.544. The van der Waals surface area contributed by atoms with Crippen LogP contribution in [-0.4, -0.2) is 49.0 Å². The Kier molecular flexibility index (Phi) is 6.55. The number of rotatable bonds is 7. The lowest BCUT2D eigenvalue weighted by Crippen LogP contribution is -2.38. The molecule has 6 heteroatoms.